The van der Waals surface area contributed by atoms with E-state index >= 15 is 0 Å². The van der Waals surface area contributed by atoms with Crippen molar-refractivity contribution in [1.82, 2.24) is 10.2 Å². The molecule has 1 saturated heterocycles. The molecule has 152 valence electrons. The van der Waals surface area contributed by atoms with Crippen LogP contribution in [0.1, 0.15) is 24.2 Å². The first-order valence-corrected chi connectivity index (χ1v) is 10.2. The van der Waals surface area contributed by atoms with E-state index in [1.54, 1.807) is 12.1 Å². The van der Waals surface area contributed by atoms with Crippen molar-refractivity contribution in [1.29, 1.82) is 0 Å². The normalized spacial score (nSPS) is 13.9. The highest BCUT2D eigenvalue weighted by Crippen LogP contribution is 2.27. The Morgan fingerprint density at radius 2 is 1.55 bits per heavy atom. The van der Waals surface area contributed by atoms with Crippen LogP contribution < -0.4 is 15.5 Å². The van der Waals surface area contributed by atoms with Crippen LogP contribution in [0.5, 0.6) is 0 Å². The number of hydrogen-bond donors (Lipinski definition) is 2. The maximum Gasteiger partial charge on any atom is 0.257 e. The van der Waals surface area contributed by atoms with Crippen LogP contribution in [0.2, 0.25) is 0 Å². The molecule has 0 saturated carbocycles. The van der Waals surface area contributed by atoms with E-state index < -0.39 is 0 Å². The molecule has 2 aromatic carbocycles. The van der Waals surface area contributed by atoms with E-state index in [9.17, 15) is 9.59 Å². The molecule has 0 unspecified atom stereocenters. The number of anilines is 2. The Balaban J connectivity index is 1.63. The number of rotatable bonds is 4. The molecule has 1 aliphatic rings. The molecule has 2 N–H and O–H groups in total. The zero-order valence-corrected chi connectivity index (χ0v) is 17.5. The molecule has 29 heavy (non-hydrogen) atoms. The molecule has 0 bridgehead atoms. The van der Waals surface area contributed by atoms with E-state index in [2.05, 4.69) is 15.5 Å². The van der Waals surface area contributed by atoms with Crippen molar-refractivity contribution in [3.63, 3.8) is 0 Å². The molecule has 0 radical (unpaired) electrons. The first kappa shape index (κ1) is 20.8. The molecular weight excluding hydrogens is 384 g/mol. The summed E-state index contributed by atoms with van der Waals surface area (Å²) in [5.41, 5.74) is 2.38. The summed E-state index contributed by atoms with van der Waals surface area (Å²) in [6, 6.07) is 16.8. The highest BCUT2D eigenvalue weighted by molar-refractivity contribution is 7.80. The number of amides is 2. The van der Waals surface area contributed by atoms with Gasteiger partial charge in [0.05, 0.1) is 11.4 Å². The predicted molar refractivity (Wildman–Crippen MR) is 120 cm³/mol. The van der Waals surface area contributed by atoms with Gasteiger partial charge in [0.15, 0.2) is 5.11 Å². The van der Waals surface area contributed by atoms with Gasteiger partial charge in [-0.05, 0) is 36.5 Å². The summed E-state index contributed by atoms with van der Waals surface area (Å²) >= 11 is 5.34. The van der Waals surface area contributed by atoms with Crippen LogP contribution in [0.3, 0.4) is 0 Å². The lowest BCUT2D eigenvalue weighted by Gasteiger charge is -2.37. The van der Waals surface area contributed by atoms with E-state index in [1.807, 2.05) is 61.2 Å². The number of thiocarbonyl (C=S) groups is 1. The van der Waals surface area contributed by atoms with Crippen LogP contribution in [0.15, 0.2) is 54.6 Å². The van der Waals surface area contributed by atoms with Crippen LogP contribution in [-0.4, -0.2) is 48.0 Å². The Morgan fingerprint density at radius 1 is 0.931 bits per heavy atom. The Kier molecular flexibility index (Phi) is 6.82. The smallest absolute Gasteiger partial charge is 0.257 e. The van der Waals surface area contributed by atoms with Crippen LogP contribution in [0.4, 0.5) is 11.4 Å². The molecule has 0 atom stereocenters. The molecule has 1 fully saturated rings. The van der Waals surface area contributed by atoms with E-state index in [1.165, 1.54) is 0 Å². The number of nitrogens with one attached hydrogen (secondary N) is 2. The van der Waals surface area contributed by atoms with Crippen molar-refractivity contribution in [2.75, 3.05) is 36.4 Å². The second-order valence-corrected chi connectivity index (χ2v) is 7.67. The second-order valence-electron chi connectivity index (χ2n) is 7.26. The summed E-state index contributed by atoms with van der Waals surface area (Å²) in [7, 11) is 0. The quantitative estimate of drug-likeness (QED) is 0.759. The van der Waals surface area contributed by atoms with E-state index in [0.29, 0.717) is 18.7 Å². The van der Waals surface area contributed by atoms with Gasteiger partial charge in [0.2, 0.25) is 5.91 Å². The van der Waals surface area contributed by atoms with Crippen molar-refractivity contribution in [3.05, 3.63) is 60.2 Å². The highest BCUT2D eigenvalue weighted by Gasteiger charge is 2.24. The standard InChI is InChI=1S/C22H26N4O2S/c1-16(2)21(28)26-14-12-25(13-15-26)19-11-7-6-10-18(19)23-22(29)24-20(27)17-8-4-3-5-9-17/h3-11,16H,12-15H2,1-2H3,(H2,23,24,27,29). The Hall–Kier alpha value is -2.93. The number of nitrogens with zero attached hydrogens (tertiary/aromatic N) is 2. The van der Waals surface area contributed by atoms with Gasteiger partial charge in [0, 0.05) is 37.7 Å². The summed E-state index contributed by atoms with van der Waals surface area (Å²) in [5.74, 6) is -0.0386. The monoisotopic (exact) mass is 410 g/mol. The molecule has 1 aliphatic heterocycles. The zero-order valence-electron chi connectivity index (χ0n) is 16.7. The van der Waals surface area contributed by atoms with Gasteiger partial charge in [-0.25, -0.2) is 0 Å². The minimum atomic E-state index is -0.249. The van der Waals surface area contributed by atoms with Crippen molar-refractivity contribution >= 4 is 40.5 Å². The molecule has 6 nitrogen and oxygen atoms in total. The fraction of sp³-hybridized carbons (Fsp3) is 0.318. The SMILES string of the molecule is CC(C)C(=O)N1CCN(c2ccccc2NC(=S)NC(=O)c2ccccc2)CC1. The van der Waals surface area contributed by atoms with Crippen LogP contribution >= 0.6 is 12.2 Å². The predicted octanol–water partition coefficient (Wildman–Crippen LogP) is 3.12. The number of benzene rings is 2. The fourth-order valence-electron chi connectivity index (χ4n) is 3.31. The lowest BCUT2D eigenvalue weighted by Crippen LogP contribution is -2.50. The van der Waals surface area contributed by atoms with Crippen molar-refractivity contribution < 1.29 is 9.59 Å². The molecule has 0 aromatic heterocycles. The third-order valence-electron chi connectivity index (χ3n) is 4.84. The molecule has 7 heteroatoms. The molecule has 0 spiro atoms. The van der Waals surface area contributed by atoms with Crippen LogP contribution in [0, 0.1) is 5.92 Å². The first-order valence-electron chi connectivity index (χ1n) is 9.76. The average Bonchev–Trinajstić information content (AvgIpc) is 2.74. The van der Waals surface area contributed by atoms with Gasteiger partial charge in [0.25, 0.3) is 5.91 Å². The van der Waals surface area contributed by atoms with Crippen molar-refractivity contribution in [2.24, 2.45) is 5.92 Å². The minimum Gasteiger partial charge on any atom is -0.366 e. The van der Waals surface area contributed by atoms with Gasteiger partial charge in [-0.3, -0.25) is 14.9 Å². The second kappa shape index (κ2) is 9.52. The number of piperazine rings is 1. The van der Waals surface area contributed by atoms with Gasteiger partial charge < -0.3 is 15.1 Å². The summed E-state index contributed by atoms with van der Waals surface area (Å²) in [6.45, 7) is 6.75. The minimum absolute atomic E-state index is 0.0149. The first-order chi connectivity index (χ1) is 14.0. The average molecular weight is 411 g/mol. The molecule has 3 rings (SSSR count). The third kappa shape index (κ3) is 5.32. The summed E-state index contributed by atoms with van der Waals surface area (Å²) < 4.78 is 0. The number of carbonyl (C=O) groups excluding carboxylic acids is 2. The lowest BCUT2D eigenvalue weighted by molar-refractivity contribution is -0.134. The highest BCUT2D eigenvalue weighted by atomic mass is 32.1. The van der Waals surface area contributed by atoms with Gasteiger partial charge >= 0.3 is 0 Å². The largest absolute Gasteiger partial charge is 0.366 e. The van der Waals surface area contributed by atoms with E-state index in [4.69, 9.17) is 12.2 Å². The Morgan fingerprint density at radius 3 is 2.21 bits per heavy atom. The number of para-hydroxylation sites is 2. The van der Waals surface area contributed by atoms with Crippen molar-refractivity contribution in [3.8, 4) is 0 Å². The van der Waals surface area contributed by atoms with E-state index in [0.717, 1.165) is 24.5 Å². The topological polar surface area (TPSA) is 64.7 Å². The van der Waals surface area contributed by atoms with Gasteiger partial charge in [-0.15, -0.1) is 0 Å². The Labute approximate surface area is 176 Å². The number of carbonyl (C=O) groups is 2. The van der Waals surface area contributed by atoms with Gasteiger partial charge in [-0.2, -0.15) is 0 Å². The zero-order chi connectivity index (χ0) is 20.8. The molecular formula is C22H26N4O2S. The fourth-order valence-corrected chi connectivity index (χ4v) is 3.51. The molecule has 2 amide bonds. The van der Waals surface area contributed by atoms with Gasteiger partial charge in [0.1, 0.15) is 0 Å². The van der Waals surface area contributed by atoms with E-state index in [-0.39, 0.29) is 22.8 Å². The third-order valence-corrected chi connectivity index (χ3v) is 5.05. The molecule has 2 aromatic rings. The summed E-state index contributed by atoms with van der Waals surface area (Å²) in [4.78, 5) is 28.7. The number of hydrogen-bond acceptors (Lipinski definition) is 4. The van der Waals surface area contributed by atoms with Crippen LogP contribution in [-0.2, 0) is 4.79 Å². The maximum atomic E-state index is 12.3. The van der Waals surface area contributed by atoms with Crippen LogP contribution in [0.25, 0.3) is 0 Å². The van der Waals surface area contributed by atoms with Crippen molar-refractivity contribution in [2.45, 2.75) is 13.8 Å². The Bertz CT molecular complexity index is 877. The lowest BCUT2D eigenvalue weighted by atomic mass is 10.1. The van der Waals surface area contributed by atoms with Gasteiger partial charge in [-0.1, -0.05) is 44.2 Å². The maximum absolute atomic E-state index is 12.3. The molecule has 1 heterocycles. The summed E-state index contributed by atoms with van der Waals surface area (Å²) in [5, 5.41) is 6.11. The molecule has 0 aliphatic carbocycles. The summed E-state index contributed by atoms with van der Waals surface area (Å²) in [6.07, 6.45) is 0.